The number of hydrogen-bond acceptors (Lipinski definition) is 2. The Morgan fingerprint density at radius 2 is 2.00 bits per heavy atom. The molecule has 0 amide bonds. The van der Waals surface area contributed by atoms with Crippen molar-refractivity contribution in [3.05, 3.63) is 6.92 Å². The van der Waals surface area contributed by atoms with Crippen molar-refractivity contribution in [3.8, 4) is 0 Å². The molecule has 9 heavy (non-hydrogen) atoms. The van der Waals surface area contributed by atoms with Crippen molar-refractivity contribution in [1.29, 1.82) is 0 Å². The van der Waals surface area contributed by atoms with Gasteiger partial charge in [0.25, 0.3) is 0 Å². The van der Waals surface area contributed by atoms with Gasteiger partial charge < -0.3 is 9.47 Å². The predicted octanol–water partition coefficient (Wildman–Crippen LogP) is 1.26. The highest BCUT2D eigenvalue weighted by atomic mass is 16.5. The van der Waals surface area contributed by atoms with Gasteiger partial charge in [-0.2, -0.15) is 0 Å². The summed E-state index contributed by atoms with van der Waals surface area (Å²) in [6.07, 6.45) is 0.233. The van der Waals surface area contributed by atoms with Gasteiger partial charge in [0.2, 0.25) is 0 Å². The molecule has 0 heterocycles. The molecule has 0 aromatic carbocycles. The first kappa shape index (κ1) is 8.92. The standard InChI is InChI=1S/C7H15O2/c1-6(2)9-5-7(3)8-4/h6-7H,1,5H2,2-4H3. The van der Waals surface area contributed by atoms with Gasteiger partial charge in [0.05, 0.1) is 18.8 Å². The molecule has 0 aliphatic carbocycles. The summed E-state index contributed by atoms with van der Waals surface area (Å²) in [5.41, 5.74) is 0. The molecule has 0 bridgehead atoms. The Morgan fingerprint density at radius 3 is 2.33 bits per heavy atom. The Bertz CT molecular complexity index is 61.9. The second kappa shape index (κ2) is 4.77. The minimum absolute atomic E-state index is 0.0580. The van der Waals surface area contributed by atoms with E-state index in [-0.39, 0.29) is 12.2 Å². The van der Waals surface area contributed by atoms with Gasteiger partial charge in [0.1, 0.15) is 0 Å². The van der Waals surface area contributed by atoms with E-state index in [0.29, 0.717) is 6.61 Å². The number of methoxy groups -OCH3 is 1. The van der Waals surface area contributed by atoms with Gasteiger partial charge in [-0.15, -0.1) is 0 Å². The molecular formula is C7H15O2. The summed E-state index contributed by atoms with van der Waals surface area (Å²) in [4.78, 5) is 0. The van der Waals surface area contributed by atoms with Gasteiger partial charge in [-0.1, -0.05) is 0 Å². The third-order valence-electron chi connectivity index (χ3n) is 1.02. The average Bonchev–Trinajstić information content (AvgIpc) is 1.83. The van der Waals surface area contributed by atoms with Gasteiger partial charge in [-0.25, -0.2) is 0 Å². The lowest BCUT2D eigenvalue weighted by molar-refractivity contribution is 0.00112. The topological polar surface area (TPSA) is 18.5 Å². The summed E-state index contributed by atoms with van der Waals surface area (Å²) in [5.74, 6) is 0. The second-order valence-corrected chi connectivity index (χ2v) is 2.19. The second-order valence-electron chi connectivity index (χ2n) is 2.19. The van der Waals surface area contributed by atoms with Gasteiger partial charge in [-0.05, 0) is 20.8 Å². The fraction of sp³-hybridized carbons (Fsp3) is 0.857. The maximum atomic E-state index is 5.16. The highest BCUT2D eigenvalue weighted by Crippen LogP contribution is 1.92. The molecule has 0 fully saturated rings. The van der Waals surface area contributed by atoms with Crippen molar-refractivity contribution >= 4 is 0 Å². The minimum Gasteiger partial charge on any atom is -0.379 e. The quantitative estimate of drug-likeness (QED) is 0.572. The molecule has 2 atom stereocenters. The smallest absolute Gasteiger partial charge is 0.0776 e. The fourth-order valence-electron chi connectivity index (χ4n) is 0.368. The van der Waals surface area contributed by atoms with Crippen LogP contribution in [0.2, 0.25) is 0 Å². The fourth-order valence-corrected chi connectivity index (χ4v) is 0.368. The molecule has 0 N–H and O–H groups in total. The van der Waals surface area contributed by atoms with Gasteiger partial charge >= 0.3 is 0 Å². The van der Waals surface area contributed by atoms with Crippen LogP contribution in [0.5, 0.6) is 0 Å². The first-order chi connectivity index (χ1) is 4.16. The monoisotopic (exact) mass is 131 g/mol. The van der Waals surface area contributed by atoms with Crippen LogP contribution in [-0.2, 0) is 9.47 Å². The van der Waals surface area contributed by atoms with E-state index < -0.39 is 0 Å². The largest absolute Gasteiger partial charge is 0.379 e. The first-order valence-electron chi connectivity index (χ1n) is 3.14. The molecule has 55 valence electrons. The molecule has 2 unspecified atom stereocenters. The van der Waals surface area contributed by atoms with Crippen molar-refractivity contribution in [2.45, 2.75) is 26.1 Å². The highest BCUT2D eigenvalue weighted by molar-refractivity contribution is 4.52. The van der Waals surface area contributed by atoms with Gasteiger partial charge in [0, 0.05) is 7.11 Å². The molecule has 2 heteroatoms. The van der Waals surface area contributed by atoms with Crippen LogP contribution in [-0.4, -0.2) is 25.9 Å². The summed E-state index contributed by atoms with van der Waals surface area (Å²) in [5, 5.41) is 0. The zero-order chi connectivity index (χ0) is 7.28. The van der Waals surface area contributed by atoms with Crippen LogP contribution >= 0.6 is 0 Å². The van der Waals surface area contributed by atoms with Crippen molar-refractivity contribution in [2.24, 2.45) is 0 Å². The van der Waals surface area contributed by atoms with E-state index in [9.17, 15) is 0 Å². The molecule has 0 saturated heterocycles. The normalized spacial score (nSPS) is 14.3. The van der Waals surface area contributed by atoms with Crippen molar-refractivity contribution in [1.82, 2.24) is 0 Å². The maximum Gasteiger partial charge on any atom is 0.0776 e. The Hall–Kier alpha value is -0.0800. The van der Waals surface area contributed by atoms with Crippen LogP contribution < -0.4 is 0 Å². The van der Waals surface area contributed by atoms with E-state index in [1.165, 1.54) is 0 Å². The lowest BCUT2D eigenvalue weighted by Crippen LogP contribution is -2.17. The SMILES string of the molecule is [CH2]C(C)OCC(C)OC. The maximum absolute atomic E-state index is 5.16. The van der Waals surface area contributed by atoms with Crippen molar-refractivity contribution in [2.75, 3.05) is 13.7 Å². The van der Waals surface area contributed by atoms with E-state index in [2.05, 4.69) is 6.92 Å². The molecule has 0 aromatic heterocycles. The summed E-state index contributed by atoms with van der Waals surface area (Å²) < 4.78 is 10.1. The highest BCUT2D eigenvalue weighted by Gasteiger charge is 1.99. The molecule has 1 radical (unpaired) electrons. The molecule has 0 aromatic rings. The molecule has 0 aliphatic heterocycles. The van der Waals surface area contributed by atoms with Gasteiger partial charge in [-0.3, -0.25) is 0 Å². The van der Waals surface area contributed by atoms with E-state index in [0.717, 1.165) is 0 Å². The summed E-state index contributed by atoms with van der Waals surface area (Å²) in [7, 11) is 1.67. The van der Waals surface area contributed by atoms with Crippen molar-refractivity contribution < 1.29 is 9.47 Å². The van der Waals surface area contributed by atoms with Crippen molar-refractivity contribution in [3.63, 3.8) is 0 Å². The number of rotatable bonds is 4. The molecule has 0 aliphatic rings. The zero-order valence-electron chi connectivity index (χ0n) is 6.39. The average molecular weight is 131 g/mol. The third-order valence-corrected chi connectivity index (χ3v) is 1.02. The van der Waals surface area contributed by atoms with E-state index >= 15 is 0 Å². The van der Waals surface area contributed by atoms with Crippen LogP contribution in [0, 0.1) is 6.92 Å². The van der Waals surface area contributed by atoms with Crippen LogP contribution in [0.15, 0.2) is 0 Å². The molecule has 2 nitrogen and oxygen atoms in total. The van der Waals surface area contributed by atoms with Crippen LogP contribution in [0.3, 0.4) is 0 Å². The predicted molar refractivity (Wildman–Crippen MR) is 37.2 cm³/mol. The summed E-state index contributed by atoms with van der Waals surface area (Å²) >= 11 is 0. The third kappa shape index (κ3) is 5.80. The number of ether oxygens (including phenoxy) is 2. The minimum atomic E-state index is 0.0580. The molecule has 0 saturated carbocycles. The first-order valence-corrected chi connectivity index (χ1v) is 3.14. The Balaban J connectivity index is 3.06. The van der Waals surface area contributed by atoms with Gasteiger partial charge in [0.15, 0.2) is 0 Å². The lowest BCUT2D eigenvalue weighted by atomic mass is 10.4. The summed E-state index contributed by atoms with van der Waals surface area (Å²) in [6.45, 7) is 8.16. The molecular weight excluding hydrogens is 116 g/mol. The Labute approximate surface area is 57.2 Å². The molecule has 0 rings (SSSR count). The van der Waals surface area contributed by atoms with Crippen LogP contribution in [0.4, 0.5) is 0 Å². The lowest BCUT2D eigenvalue weighted by Gasteiger charge is -2.11. The Kier molecular flexibility index (Phi) is 4.72. The van der Waals surface area contributed by atoms with Crippen LogP contribution in [0.25, 0.3) is 0 Å². The Morgan fingerprint density at radius 1 is 1.44 bits per heavy atom. The molecule has 0 spiro atoms. The van der Waals surface area contributed by atoms with E-state index in [1.807, 2.05) is 13.8 Å². The van der Waals surface area contributed by atoms with E-state index in [1.54, 1.807) is 7.11 Å². The number of hydrogen-bond donors (Lipinski definition) is 0. The van der Waals surface area contributed by atoms with Crippen LogP contribution in [0.1, 0.15) is 13.8 Å². The zero-order valence-corrected chi connectivity index (χ0v) is 6.39. The van der Waals surface area contributed by atoms with E-state index in [4.69, 9.17) is 9.47 Å². The summed E-state index contributed by atoms with van der Waals surface area (Å²) in [6, 6.07) is 0.